The van der Waals surface area contributed by atoms with Crippen molar-refractivity contribution < 1.29 is 14.3 Å². The van der Waals surface area contributed by atoms with E-state index >= 15 is 0 Å². The van der Waals surface area contributed by atoms with Crippen LogP contribution >= 0.6 is 0 Å². The largest absolute Gasteiger partial charge is 0.488 e. The summed E-state index contributed by atoms with van der Waals surface area (Å²) in [6.45, 7) is 1.70. The van der Waals surface area contributed by atoms with Crippen LogP contribution in [-0.4, -0.2) is 36.0 Å². The Bertz CT molecular complexity index is 813. The normalized spacial score (nSPS) is 14.5. The predicted octanol–water partition coefficient (Wildman–Crippen LogP) is 3.12. The van der Waals surface area contributed by atoms with Crippen molar-refractivity contribution in [1.29, 1.82) is 0 Å². The molecule has 0 radical (unpaired) electrons. The minimum absolute atomic E-state index is 0.436. The Morgan fingerprint density at radius 1 is 0.964 bits per heavy atom. The number of carbonyl (C=O) groups is 2. The summed E-state index contributed by atoms with van der Waals surface area (Å²) < 4.78 is 5.86. The Morgan fingerprint density at radius 2 is 1.64 bits per heavy atom. The van der Waals surface area contributed by atoms with Gasteiger partial charge in [-0.05, 0) is 30.5 Å². The molecule has 3 rings (SSSR count). The second-order valence-electron chi connectivity index (χ2n) is 6.72. The van der Waals surface area contributed by atoms with E-state index in [9.17, 15) is 9.59 Å². The zero-order valence-corrected chi connectivity index (χ0v) is 15.8. The number of benzene rings is 2. The van der Waals surface area contributed by atoms with E-state index in [1.807, 2.05) is 54.6 Å². The van der Waals surface area contributed by atoms with Crippen LogP contribution in [0.5, 0.6) is 5.75 Å². The number of ether oxygens (including phenoxy) is 1. The molecule has 1 aliphatic heterocycles. The first-order chi connectivity index (χ1) is 13.7. The SMILES string of the molecule is O=C(N/N=C\c1ccccc1OCc1ccccc1)C(=O)N1CCCCCC1. The molecule has 1 heterocycles. The number of nitrogens with one attached hydrogen (secondary N) is 1. The molecule has 1 aliphatic rings. The molecule has 0 atom stereocenters. The summed E-state index contributed by atoms with van der Waals surface area (Å²) in [6, 6.07) is 17.3. The van der Waals surface area contributed by atoms with Crippen molar-refractivity contribution in [3.05, 3.63) is 65.7 Å². The summed E-state index contributed by atoms with van der Waals surface area (Å²) in [6.07, 6.45) is 5.57. The van der Waals surface area contributed by atoms with E-state index in [1.54, 1.807) is 4.90 Å². The third-order valence-corrected chi connectivity index (χ3v) is 4.61. The molecule has 0 spiro atoms. The number of amides is 2. The van der Waals surface area contributed by atoms with E-state index in [2.05, 4.69) is 10.5 Å². The summed E-state index contributed by atoms with van der Waals surface area (Å²) in [5.74, 6) is -0.573. The number of nitrogens with zero attached hydrogens (tertiary/aromatic N) is 2. The van der Waals surface area contributed by atoms with Gasteiger partial charge in [-0.15, -0.1) is 0 Å². The van der Waals surface area contributed by atoms with Crippen LogP contribution in [0, 0.1) is 0 Å². The zero-order chi connectivity index (χ0) is 19.6. The lowest BCUT2D eigenvalue weighted by Gasteiger charge is -2.18. The van der Waals surface area contributed by atoms with Crippen molar-refractivity contribution >= 4 is 18.0 Å². The van der Waals surface area contributed by atoms with Crippen molar-refractivity contribution in [3.8, 4) is 5.75 Å². The van der Waals surface area contributed by atoms with Gasteiger partial charge in [0.05, 0.1) is 6.21 Å². The maximum Gasteiger partial charge on any atom is 0.329 e. The van der Waals surface area contributed by atoms with Crippen LogP contribution in [-0.2, 0) is 16.2 Å². The molecule has 146 valence electrons. The number of rotatable bonds is 5. The third-order valence-electron chi connectivity index (χ3n) is 4.61. The number of likely N-dealkylation sites (tertiary alicyclic amines) is 1. The molecule has 2 aromatic rings. The van der Waals surface area contributed by atoms with Gasteiger partial charge in [0, 0.05) is 18.7 Å². The highest BCUT2D eigenvalue weighted by molar-refractivity contribution is 6.35. The zero-order valence-electron chi connectivity index (χ0n) is 15.8. The minimum Gasteiger partial charge on any atom is -0.488 e. The lowest BCUT2D eigenvalue weighted by Crippen LogP contribution is -2.41. The fourth-order valence-corrected chi connectivity index (χ4v) is 3.08. The lowest BCUT2D eigenvalue weighted by molar-refractivity contribution is -0.145. The Hall–Kier alpha value is -3.15. The highest BCUT2D eigenvalue weighted by Crippen LogP contribution is 2.17. The Labute approximate surface area is 165 Å². The van der Waals surface area contributed by atoms with Gasteiger partial charge in [-0.25, -0.2) is 5.43 Å². The van der Waals surface area contributed by atoms with Crippen molar-refractivity contribution in [2.75, 3.05) is 13.1 Å². The van der Waals surface area contributed by atoms with Gasteiger partial charge in [-0.3, -0.25) is 9.59 Å². The average molecular weight is 379 g/mol. The topological polar surface area (TPSA) is 71.0 Å². The first-order valence-corrected chi connectivity index (χ1v) is 9.62. The molecule has 1 fully saturated rings. The maximum atomic E-state index is 12.2. The molecule has 0 bridgehead atoms. The lowest BCUT2D eigenvalue weighted by atomic mass is 10.2. The molecule has 2 aromatic carbocycles. The van der Waals surface area contributed by atoms with Gasteiger partial charge < -0.3 is 9.64 Å². The second-order valence-corrected chi connectivity index (χ2v) is 6.72. The molecule has 1 saturated heterocycles. The van der Waals surface area contributed by atoms with Crippen molar-refractivity contribution in [2.45, 2.75) is 32.3 Å². The van der Waals surface area contributed by atoms with Gasteiger partial charge in [-0.2, -0.15) is 5.10 Å². The predicted molar refractivity (Wildman–Crippen MR) is 108 cm³/mol. The molecular formula is C22H25N3O3. The molecule has 6 nitrogen and oxygen atoms in total. The van der Waals surface area contributed by atoms with E-state index < -0.39 is 11.8 Å². The van der Waals surface area contributed by atoms with E-state index in [-0.39, 0.29) is 0 Å². The summed E-state index contributed by atoms with van der Waals surface area (Å²) >= 11 is 0. The number of carbonyl (C=O) groups excluding carboxylic acids is 2. The van der Waals surface area contributed by atoms with E-state index in [4.69, 9.17) is 4.74 Å². The Kier molecular flexibility index (Phi) is 7.18. The summed E-state index contributed by atoms with van der Waals surface area (Å²) in [5.41, 5.74) is 4.12. The molecule has 0 saturated carbocycles. The fraction of sp³-hybridized carbons (Fsp3) is 0.318. The van der Waals surface area contributed by atoms with Gasteiger partial charge in [0.15, 0.2) is 0 Å². The molecular weight excluding hydrogens is 354 g/mol. The van der Waals surface area contributed by atoms with Gasteiger partial charge >= 0.3 is 11.8 Å². The average Bonchev–Trinajstić information content (AvgIpc) is 3.02. The van der Waals surface area contributed by atoms with Gasteiger partial charge in [0.2, 0.25) is 0 Å². The van der Waals surface area contributed by atoms with Gasteiger partial charge in [0.1, 0.15) is 12.4 Å². The van der Waals surface area contributed by atoms with Crippen LogP contribution in [0.15, 0.2) is 59.7 Å². The van der Waals surface area contributed by atoms with Gasteiger partial charge in [-0.1, -0.05) is 55.3 Å². The number of hydrazone groups is 1. The van der Waals surface area contributed by atoms with Crippen molar-refractivity contribution in [2.24, 2.45) is 5.10 Å². The first kappa shape index (κ1) is 19.6. The van der Waals surface area contributed by atoms with E-state index in [1.165, 1.54) is 6.21 Å². The third kappa shape index (κ3) is 5.67. The summed E-state index contributed by atoms with van der Waals surface area (Å²) in [5, 5.41) is 3.94. The molecule has 2 amide bonds. The van der Waals surface area contributed by atoms with Crippen LogP contribution in [0.1, 0.15) is 36.8 Å². The van der Waals surface area contributed by atoms with Crippen molar-refractivity contribution in [1.82, 2.24) is 10.3 Å². The Balaban J connectivity index is 1.56. The van der Waals surface area contributed by atoms with Crippen LogP contribution in [0.25, 0.3) is 0 Å². The molecule has 0 aliphatic carbocycles. The molecule has 0 aromatic heterocycles. The number of hydrogen-bond acceptors (Lipinski definition) is 4. The Morgan fingerprint density at radius 3 is 2.39 bits per heavy atom. The standard InChI is InChI=1S/C22H25N3O3/c26-21(22(27)25-14-8-1-2-9-15-25)24-23-16-19-12-6-7-13-20(19)28-17-18-10-4-3-5-11-18/h3-7,10-13,16H,1-2,8-9,14-15,17H2,(H,24,26)/b23-16-. The van der Waals surface area contributed by atoms with Crippen LogP contribution in [0.3, 0.4) is 0 Å². The maximum absolute atomic E-state index is 12.2. The van der Waals surface area contributed by atoms with Crippen LogP contribution in [0.2, 0.25) is 0 Å². The monoisotopic (exact) mass is 379 g/mol. The molecule has 1 N–H and O–H groups in total. The second kappa shape index (κ2) is 10.3. The molecule has 6 heteroatoms. The summed E-state index contributed by atoms with van der Waals surface area (Å²) in [4.78, 5) is 25.9. The number of para-hydroxylation sites is 1. The fourth-order valence-electron chi connectivity index (χ4n) is 3.08. The van der Waals surface area contributed by atoms with Crippen LogP contribution in [0.4, 0.5) is 0 Å². The van der Waals surface area contributed by atoms with E-state index in [0.29, 0.717) is 25.4 Å². The molecule has 0 unspecified atom stereocenters. The van der Waals surface area contributed by atoms with Crippen LogP contribution < -0.4 is 10.2 Å². The van der Waals surface area contributed by atoms with E-state index in [0.717, 1.165) is 36.8 Å². The smallest absolute Gasteiger partial charge is 0.329 e. The minimum atomic E-state index is -0.708. The quantitative estimate of drug-likeness (QED) is 0.493. The van der Waals surface area contributed by atoms with Gasteiger partial charge in [0.25, 0.3) is 0 Å². The van der Waals surface area contributed by atoms with Crippen molar-refractivity contribution in [3.63, 3.8) is 0 Å². The highest BCUT2D eigenvalue weighted by atomic mass is 16.5. The highest BCUT2D eigenvalue weighted by Gasteiger charge is 2.22. The number of hydrogen-bond donors (Lipinski definition) is 1. The summed E-state index contributed by atoms with van der Waals surface area (Å²) in [7, 11) is 0. The molecule has 28 heavy (non-hydrogen) atoms. The first-order valence-electron chi connectivity index (χ1n) is 9.62.